The van der Waals surface area contributed by atoms with Crippen LogP contribution in [0.25, 0.3) is 0 Å². The molecule has 1 atom stereocenters. The number of benzene rings is 2. The summed E-state index contributed by atoms with van der Waals surface area (Å²) in [6, 6.07) is 9.86. The van der Waals surface area contributed by atoms with E-state index in [1.807, 2.05) is 6.07 Å². The molecule has 1 unspecified atom stereocenters. The topological polar surface area (TPSA) is 32.3 Å². The number of anilines is 1. The zero-order valence-electron chi connectivity index (χ0n) is 12.1. The van der Waals surface area contributed by atoms with E-state index < -0.39 is 17.7 Å². The second-order valence-corrected chi connectivity index (χ2v) is 5.25. The van der Waals surface area contributed by atoms with E-state index in [1.165, 1.54) is 17.0 Å². The molecule has 116 valence electrons. The first-order valence-electron chi connectivity index (χ1n) is 6.64. The fraction of sp³-hybridized carbons (Fsp3) is 0.188. The number of amides is 2. The molecule has 0 aromatic heterocycles. The summed E-state index contributed by atoms with van der Waals surface area (Å²) in [7, 11) is 1.56. The monoisotopic (exact) mass is 324 g/mol. The van der Waals surface area contributed by atoms with Crippen molar-refractivity contribution in [1.82, 2.24) is 4.90 Å². The van der Waals surface area contributed by atoms with E-state index >= 15 is 0 Å². The zero-order chi connectivity index (χ0) is 16.3. The first kappa shape index (κ1) is 16.2. The molecule has 0 bridgehead atoms. The Kier molecular flexibility index (Phi) is 4.98. The van der Waals surface area contributed by atoms with Gasteiger partial charge in [0.05, 0.1) is 11.7 Å². The molecule has 2 aromatic rings. The summed E-state index contributed by atoms with van der Waals surface area (Å²) in [6.45, 7) is 1.79. The van der Waals surface area contributed by atoms with Crippen LogP contribution in [0.3, 0.4) is 0 Å². The van der Waals surface area contributed by atoms with Gasteiger partial charge in [-0.05, 0) is 30.7 Å². The van der Waals surface area contributed by atoms with Gasteiger partial charge in [-0.3, -0.25) is 0 Å². The molecule has 0 spiro atoms. The van der Waals surface area contributed by atoms with E-state index in [-0.39, 0.29) is 11.7 Å². The molecule has 0 aliphatic rings. The lowest BCUT2D eigenvalue weighted by atomic mass is 10.1. The minimum Gasteiger partial charge on any atom is -0.321 e. The minimum atomic E-state index is -1.09. The summed E-state index contributed by atoms with van der Waals surface area (Å²) in [6.07, 6.45) is 0. The Bertz CT molecular complexity index is 694. The van der Waals surface area contributed by atoms with Gasteiger partial charge in [0.15, 0.2) is 11.6 Å². The van der Waals surface area contributed by atoms with Gasteiger partial charge in [0.1, 0.15) is 0 Å². The molecule has 0 heterocycles. The average molecular weight is 325 g/mol. The zero-order valence-corrected chi connectivity index (χ0v) is 12.9. The Balaban J connectivity index is 2.15. The van der Waals surface area contributed by atoms with Crippen molar-refractivity contribution in [3.63, 3.8) is 0 Å². The van der Waals surface area contributed by atoms with Crippen molar-refractivity contribution >= 4 is 23.3 Å². The van der Waals surface area contributed by atoms with Crippen LogP contribution in [-0.4, -0.2) is 18.0 Å². The number of hydrogen-bond acceptors (Lipinski definition) is 1. The predicted octanol–water partition coefficient (Wildman–Crippen LogP) is 4.84. The van der Waals surface area contributed by atoms with Gasteiger partial charge >= 0.3 is 6.03 Å². The number of hydrogen-bond donors (Lipinski definition) is 1. The SMILES string of the molecule is CC(c1ccccc1Cl)N(C)C(=O)Nc1cccc(F)c1F. The molecule has 0 radical (unpaired) electrons. The number of halogens is 3. The van der Waals surface area contributed by atoms with Crippen molar-refractivity contribution in [2.24, 2.45) is 0 Å². The molecule has 3 nitrogen and oxygen atoms in total. The maximum absolute atomic E-state index is 13.6. The molecule has 2 amide bonds. The molecule has 0 saturated carbocycles. The highest BCUT2D eigenvalue weighted by Crippen LogP contribution is 2.27. The van der Waals surface area contributed by atoms with Gasteiger partial charge in [0, 0.05) is 12.1 Å². The summed E-state index contributed by atoms with van der Waals surface area (Å²) < 4.78 is 26.7. The average Bonchev–Trinajstić information content (AvgIpc) is 2.51. The van der Waals surface area contributed by atoms with Crippen molar-refractivity contribution in [2.75, 3.05) is 12.4 Å². The molecule has 22 heavy (non-hydrogen) atoms. The van der Waals surface area contributed by atoms with E-state index in [4.69, 9.17) is 11.6 Å². The molecule has 1 N–H and O–H groups in total. The highest BCUT2D eigenvalue weighted by molar-refractivity contribution is 6.31. The molecule has 0 fully saturated rings. The number of carbonyl (C=O) groups is 1. The van der Waals surface area contributed by atoms with Gasteiger partial charge in [0.2, 0.25) is 0 Å². The molecule has 0 aliphatic heterocycles. The van der Waals surface area contributed by atoms with E-state index in [1.54, 1.807) is 32.2 Å². The highest BCUT2D eigenvalue weighted by atomic mass is 35.5. The largest absolute Gasteiger partial charge is 0.322 e. The smallest absolute Gasteiger partial charge is 0.321 e. The van der Waals surface area contributed by atoms with Crippen molar-refractivity contribution in [1.29, 1.82) is 0 Å². The summed E-state index contributed by atoms with van der Waals surface area (Å²) in [5.41, 5.74) is 0.560. The Morgan fingerprint density at radius 2 is 1.86 bits per heavy atom. The summed E-state index contributed by atoms with van der Waals surface area (Å²) in [5, 5.41) is 2.88. The van der Waals surface area contributed by atoms with Gasteiger partial charge in [-0.25, -0.2) is 13.6 Å². The fourth-order valence-electron chi connectivity index (χ4n) is 2.00. The normalized spacial score (nSPS) is 11.9. The molecular formula is C16H15ClF2N2O. The molecule has 2 rings (SSSR count). The predicted molar refractivity (Wildman–Crippen MR) is 83.0 cm³/mol. The maximum atomic E-state index is 13.6. The number of urea groups is 1. The van der Waals surface area contributed by atoms with Crippen LogP contribution in [0.5, 0.6) is 0 Å². The van der Waals surface area contributed by atoms with Crippen molar-refractivity contribution in [2.45, 2.75) is 13.0 Å². The van der Waals surface area contributed by atoms with Crippen LogP contribution in [0.2, 0.25) is 5.02 Å². The van der Waals surface area contributed by atoms with Crippen molar-refractivity contribution < 1.29 is 13.6 Å². The summed E-state index contributed by atoms with van der Waals surface area (Å²) in [5.74, 6) is -2.10. The van der Waals surface area contributed by atoms with Crippen LogP contribution >= 0.6 is 11.6 Å². The maximum Gasteiger partial charge on any atom is 0.322 e. The number of carbonyl (C=O) groups excluding carboxylic acids is 1. The van der Waals surface area contributed by atoms with E-state index in [0.717, 1.165) is 11.6 Å². The van der Waals surface area contributed by atoms with Gasteiger partial charge in [-0.15, -0.1) is 0 Å². The number of nitrogens with zero attached hydrogens (tertiary/aromatic N) is 1. The van der Waals surface area contributed by atoms with E-state index in [0.29, 0.717) is 5.02 Å². The Hall–Kier alpha value is -2.14. The molecule has 0 saturated heterocycles. The van der Waals surface area contributed by atoms with E-state index in [9.17, 15) is 13.6 Å². The lowest BCUT2D eigenvalue weighted by Crippen LogP contribution is -2.34. The van der Waals surface area contributed by atoms with Crippen LogP contribution in [0.4, 0.5) is 19.3 Å². The summed E-state index contributed by atoms with van der Waals surface area (Å²) >= 11 is 6.11. The lowest BCUT2D eigenvalue weighted by molar-refractivity contribution is 0.208. The van der Waals surface area contributed by atoms with Crippen LogP contribution in [0, 0.1) is 11.6 Å². The van der Waals surface area contributed by atoms with Crippen LogP contribution in [0.1, 0.15) is 18.5 Å². The fourth-order valence-corrected chi connectivity index (χ4v) is 2.30. The third kappa shape index (κ3) is 3.36. The standard InChI is InChI=1S/C16H15ClF2N2O/c1-10(11-6-3-4-7-12(11)17)21(2)16(22)20-14-9-5-8-13(18)15(14)19/h3-10H,1-2H3,(H,20,22). The number of rotatable bonds is 3. The molecule has 0 aliphatic carbocycles. The van der Waals surface area contributed by atoms with E-state index in [2.05, 4.69) is 5.32 Å². The Morgan fingerprint density at radius 3 is 2.55 bits per heavy atom. The van der Waals surface area contributed by atoms with Crippen LogP contribution < -0.4 is 5.32 Å². The third-order valence-electron chi connectivity index (χ3n) is 3.45. The van der Waals surface area contributed by atoms with Crippen molar-refractivity contribution in [3.05, 3.63) is 64.7 Å². The Labute approximate surface area is 132 Å². The van der Waals surface area contributed by atoms with Gasteiger partial charge in [0.25, 0.3) is 0 Å². The van der Waals surface area contributed by atoms with Crippen LogP contribution in [-0.2, 0) is 0 Å². The second-order valence-electron chi connectivity index (χ2n) is 4.84. The molecule has 6 heteroatoms. The lowest BCUT2D eigenvalue weighted by Gasteiger charge is -2.26. The first-order valence-corrected chi connectivity index (χ1v) is 7.02. The summed E-state index contributed by atoms with van der Waals surface area (Å²) in [4.78, 5) is 13.6. The minimum absolute atomic E-state index is 0.205. The number of nitrogens with one attached hydrogen (secondary N) is 1. The first-order chi connectivity index (χ1) is 10.4. The van der Waals surface area contributed by atoms with Gasteiger partial charge in [-0.2, -0.15) is 0 Å². The van der Waals surface area contributed by atoms with Crippen molar-refractivity contribution in [3.8, 4) is 0 Å². The Morgan fingerprint density at radius 1 is 1.18 bits per heavy atom. The molecular weight excluding hydrogens is 310 g/mol. The van der Waals surface area contributed by atoms with Gasteiger partial charge < -0.3 is 10.2 Å². The van der Waals surface area contributed by atoms with Gasteiger partial charge in [-0.1, -0.05) is 35.9 Å². The quantitative estimate of drug-likeness (QED) is 0.860. The van der Waals surface area contributed by atoms with Crippen LogP contribution in [0.15, 0.2) is 42.5 Å². The highest BCUT2D eigenvalue weighted by Gasteiger charge is 2.20. The second kappa shape index (κ2) is 6.75. The molecule has 2 aromatic carbocycles. The third-order valence-corrected chi connectivity index (χ3v) is 3.79.